The molecule has 0 aliphatic carbocycles. The average molecular weight is 312 g/mol. The largest absolute Gasteiger partial charge is 0.330 e. The van der Waals surface area contributed by atoms with Crippen LogP contribution in [0.4, 0.5) is 0 Å². The number of carbonyl (C=O) groups excluding carboxylic acids is 1. The van der Waals surface area contributed by atoms with Gasteiger partial charge in [0.2, 0.25) is 0 Å². The highest BCUT2D eigenvalue weighted by Crippen LogP contribution is 2.17. The molecule has 0 heterocycles. The van der Waals surface area contributed by atoms with Crippen LogP contribution in [0.3, 0.4) is 0 Å². The van der Waals surface area contributed by atoms with Crippen LogP contribution in [0.2, 0.25) is 0 Å². The molecule has 3 heteroatoms. The molecule has 0 aromatic heterocycles. The fourth-order valence-corrected chi connectivity index (χ4v) is 2.64. The molecule has 18 heavy (non-hydrogen) atoms. The van der Waals surface area contributed by atoms with Gasteiger partial charge in [0.1, 0.15) is 5.78 Å². The highest BCUT2D eigenvalue weighted by Gasteiger charge is 2.14. The third-order valence-corrected chi connectivity index (χ3v) is 3.44. The first-order chi connectivity index (χ1) is 8.51. The molecular formula is C15H22BrNO. The van der Waals surface area contributed by atoms with Gasteiger partial charge in [-0.3, -0.25) is 4.79 Å². The number of Topliss-reactive ketones (excluding diaryl/α,β-unsaturated/α-hetero) is 1. The molecule has 0 radical (unpaired) electrons. The molecule has 1 atom stereocenters. The van der Waals surface area contributed by atoms with Gasteiger partial charge in [-0.15, -0.1) is 0 Å². The van der Waals surface area contributed by atoms with E-state index >= 15 is 0 Å². The Kier molecular flexibility index (Phi) is 6.58. The Morgan fingerprint density at radius 1 is 1.39 bits per heavy atom. The van der Waals surface area contributed by atoms with Crippen LogP contribution in [0, 0.1) is 11.8 Å². The molecule has 0 bridgehead atoms. The summed E-state index contributed by atoms with van der Waals surface area (Å²) in [4.78, 5) is 12.0. The topological polar surface area (TPSA) is 43.1 Å². The van der Waals surface area contributed by atoms with Gasteiger partial charge in [-0.05, 0) is 42.5 Å². The zero-order valence-electron chi connectivity index (χ0n) is 11.2. The van der Waals surface area contributed by atoms with Crippen LogP contribution in [0.15, 0.2) is 28.7 Å². The zero-order chi connectivity index (χ0) is 13.5. The van der Waals surface area contributed by atoms with Gasteiger partial charge in [0.15, 0.2) is 0 Å². The lowest BCUT2D eigenvalue weighted by Crippen LogP contribution is -2.20. The van der Waals surface area contributed by atoms with Crippen molar-refractivity contribution in [1.29, 1.82) is 0 Å². The lowest BCUT2D eigenvalue weighted by Gasteiger charge is -2.16. The smallest absolute Gasteiger partial charge is 0.137 e. The van der Waals surface area contributed by atoms with Crippen LogP contribution in [-0.2, 0) is 11.2 Å². The summed E-state index contributed by atoms with van der Waals surface area (Å²) in [7, 11) is 0. The second kappa shape index (κ2) is 7.70. The first-order valence-electron chi connectivity index (χ1n) is 6.47. The van der Waals surface area contributed by atoms with Gasteiger partial charge in [0.05, 0.1) is 0 Å². The monoisotopic (exact) mass is 311 g/mol. The number of rotatable bonds is 7. The molecule has 0 amide bonds. The van der Waals surface area contributed by atoms with Crippen molar-refractivity contribution in [2.24, 2.45) is 17.6 Å². The van der Waals surface area contributed by atoms with Crippen LogP contribution < -0.4 is 5.73 Å². The quantitative estimate of drug-likeness (QED) is 0.836. The summed E-state index contributed by atoms with van der Waals surface area (Å²) in [6.45, 7) is 4.94. The Balaban J connectivity index is 2.50. The van der Waals surface area contributed by atoms with E-state index in [1.807, 2.05) is 24.3 Å². The van der Waals surface area contributed by atoms with E-state index in [4.69, 9.17) is 5.73 Å². The minimum Gasteiger partial charge on any atom is -0.330 e. The summed E-state index contributed by atoms with van der Waals surface area (Å²) in [5.74, 6) is 1.20. The highest BCUT2D eigenvalue weighted by atomic mass is 79.9. The van der Waals surface area contributed by atoms with Gasteiger partial charge < -0.3 is 5.73 Å². The number of carbonyl (C=O) groups is 1. The van der Waals surface area contributed by atoms with E-state index in [1.165, 1.54) is 0 Å². The predicted molar refractivity (Wildman–Crippen MR) is 79.5 cm³/mol. The lowest BCUT2D eigenvalue weighted by molar-refractivity contribution is -0.119. The molecular weight excluding hydrogens is 290 g/mol. The van der Waals surface area contributed by atoms with Crippen LogP contribution in [-0.4, -0.2) is 12.3 Å². The number of benzene rings is 1. The standard InChI is InChI=1S/C15H22BrNO/c1-11(2)6-13(10-17)9-15(18)8-12-4-3-5-14(16)7-12/h3-5,7,11,13H,6,8-10,17H2,1-2H3. The van der Waals surface area contributed by atoms with Gasteiger partial charge in [-0.1, -0.05) is 41.9 Å². The molecule has 0 saturated heterocycles. The number of ketones is 1. The SMILES string of the molecule is CC(C)CC(CN)CC(=O)Cc1cccc(Br)c1. The minimum atomic E-state index is 0.282. The van der Waals surface area contributed by atoms with E-state index in [2.05, 4.69) is 29.8 Å². The average Bonchev–Trinajstić information content (AvgIpc) is 2.27. The Labute approximate surface area is 118 Å². The van der Waals surface area contributed by atoms with Crippen molar-refractivity contribution in [1.82, 2.24) is 0 Å². The molecule has 2 nitrogen and oxygen atoms in total. The highest BCUT2D eigenvalue weighted by molar-refractivity contribution is 9.10. The van der Waals surface area contributed by atoms with Crippen LogP contribution in [0.25, 0.3) is 0 Å². The van der Waals surface area contributed by atoms with E-state index in [-0.39, 0.29) is 5.78 Å². The van der Waals surface area contributed by atoms with E-state index in [0.29, 0.717) is 31.2 Å². The third kappa shape index (κ3) is 5.78. The molecule has 100 valence electrons. The summed E-state index contributed by atoms with van der Waals surface area (Å²) in [5.41, 5.74) is 6.79. The van der Waals surface area contributed by atoms with E-state index in [9.17, 15) is 4.79 Å². The molecule has 0 saturated carbocycles. The lowest BCUT2D eigenvalue weighted by atomic mass is 9.91. The summed E-state index contributed by atoms with van der Waals surface area (Å²) >= 11 is 3.42. The first kappa shape index (κ1) is 15.4. The Bertz CT molecular complexity index is 390. The van der Waals surface area contributed by atoms with Crippen LogP contribution in [0.5, 0.6) is 0 Å². The number of hydrogen-bond acceptors (Lipinski definition) is 2. The second-order valence-corrected chi connectivity index (χ2v) is 6.20. The minimum absolute atomic E-state index is 0.282. The molecule has 0 fully saturated rings. The maximum Gasteiger partial charge on any atom is 0.137 e. The Morgan fingerprint density at radius 2 is 2.11 bits per heavy atom. The second-order valence-electron chi connectivity index (χ2n) is 5.28. The summed E-state index contributed by atoms with van der Waals surface area (Å²) in [5, 5.41) is 0. The first-order valence-corrected chi connectivity index (χ1v) is 7.26. The molecule has 1 aromatic rings. The van der Waals surface area contributed by atoms with Crippen molar-refractivity contribution in [3.05, 3.63) is 34.3 Å². The van der Waals surface area contributed by atoms with E-state index in [1.54, 1.807) is 0 Å². The molecule has 1 aromatic carbocycles. The summed E-state index contributed by atoms with van der Waals surface area (Å²) in [6.07, 6.45) is 2.13. The van der Waals surface area contributed by atoms with Crippen LogP contribution >= 0.6 is 15.9 Å². The van der Waals surface area contributed by atoms with Gasteiger partial charge in [0.25, 0.3) is 0 Å². The molecule has 1 unspecified atom stereocenters. The molecule has 0 aliphatic heterocycles. The maximum absolute atomic E-state index is 12.0. The molecule has 1 rings (SSSR count). The molecule has 0 spiro atoms. The number of nitrogens with two attached hydrogens (primary N) is 1. The maximum atomic E-state index is 12.0. The Hall–Kier alpha value is -0.670. The fourth-order valence-electron chi connectivity index (χ4n) is 2.20. The Morgan fingerprint density at radius 3 is 2.67 bits per heavy atom. The van der Waals surface area contributed by atoms with Crippen molar-refractivity contribution in [2.45, 2.75) is 33.1 Å². The zero-order valence-corrected chi connectivity index (χ0v) is 12.7. The van der Waals surface area contributed by atoms with Gasteiger partial charge in [0, 0.05) is 17.3 Å². The van der Waals surface area contributed by atoms with E-state index in [0.717, 1.165) is 16.5 Å². The predicted octanol–water partition coefficient (Wildman–Crippen LogP) is 3.57. The molecule has 0 aliphatic rings. The fraction of sp³-hybridized carbons (Fsp3) is 0.533. The summed E-state index contributed by atoms with van der Waals surface area (Å²) in [6, 6.07) is 7.91. The van der Waals surface area contributed by atoms with Gasteiger partial charge in [-0.25, -0.2) is 0 Å². The van der Waals surface area contributed by atoms with Crippen molar-refractivity contribution >= 4 is 21.7 Å². The molecule has 2 N–H and O–H groups in total. The van der Waals surface area contributed by atoms with E-state index < -0.39 is 0 Å². The van der Waals surface area contributed by atoms with Crippen molar-refractivity contribution in [2.75, 3.05) is 6.54 Å². The third-order valence-electron chi connectivity index (χ3n) is 2.94. The summed E-state index contributed by atoms with van der Waals surface area (Å²) < 4.78 is 1.02. The van der Waals surface area contributed by atoms with Gasteiger partial charge >= 0.3 is 0 Å². The van der Waals surface area contributed by atoms with Crippen molar-refractivity contribution in [3.8, 4) is 0 Å². The van der Waals surface area contributed by atoms with Crippen molar-refractivity contribution in [3.63, 3.8) is 0 Å². The normalized spacial score (nSPS) is 12.7. The van der Waals surface area contributed by atoms with Gasteiger partial charge in [-0.2, -0.15) is 0 Å². The van der Waals surface area contributed by atoms with Crippen LogP contribution in [0.1, 0.15) is 32.3 Å². The van der Waals surface area contributed by atoms with Crippen molar-refractivity contribution < 1.29 is 4.79 Å². The number of halogens is 1. The number of hydrogen-bond donors (Lipinski definition) is 1.